The quantitative estimate of drug-likeness (QED) is 0.705. The van der Waals surface area contributed by atoms with Crippen LogP contribution in [0.2, 0.25) is 0 Å². The second-order valence-corrected chi connectivity index (χ2v) is 5.46. The van der Waals surface area contributed by atoms with Crippen LogP contribution >= 0.6 is 0 Å². The molecule has 17 heavy (non-hydrogen) atoms. The Balaban J connectivity index is 2.05. The van der Waals surface area contributed by atoms with Crippen LogP contribution in [0, 0.1) is 5.92 Å². The highest BCUT2D eigenvalue weighted by Gasteiger charge is 2.15. The zero-order chi connectivity index (χ0) is 12.5. The number of rotatable bonds is 8. The molecular weight excluding hydrogens is 212 g/mol. The molecule has 0 amide bonds. The lowest BCUT2D eigenvalue weighted by atomic mass is 10.00. The van der Waals surface area contributed by atoms with Gasteiger partial charge in [-0.05, 0) is 58.7 Å². The molecule has 1 aliphatic rings. The van der Waals surface area contributed by atoms with E-state index in [4.69, 9.17) is 4.74 Å². The highest BCUT2D eigenvalue weighted by molar-refractivity contribution is 4.69. The van der Waals surface area contributed by atoms with E-state index in [1.807, 2.05) is 0 Å². The van der Waals surface area contributed by atoms with Crippen LogP contribution in [0.4, 0.5) is 0 Å². The fourth-order valence-corrected chi connectivity index (χ4v) is 2.37. The Kier molecular flexibility index (Phi) is 7.82. The first kappa shape index (κ1) is 14.9. The molecule has 0 bridgehead atoms. The molecule has 0 radical (unpaired) electrons. The standard InChI is InChI=1S/C14H30N2O/c1-4-8-15-13(2)5-9-16(3)12-14-6-10-17-11-7-14/h13-15H,4-12H2,1-3H3. The Morgan fingerprint density at radius 3 is 2.71 bits per heavy atom. The lowest BCUT2D eigenvalue weighted by molar-refractivity contribution is 0.0554. The molecule has 0 aromatic rings. The van der Waals surface area contributed by atoms with E-state index in [0.29, 0.717) is 6.04 Å². The molecule has 1 saturated heterocycles. The average molecular weight is 242 g/mol. The van der Waals surface area contributed by atoms with Crippen LogP contribution in [-0.4, -0.2) is 50.8 Å². The van der Waals surface area contributed by atoms with Crippen molar-refractivity contribution in [3.05, 3.63) is 0 Å². The molecule has 102 valence electrons. The van der Waals surface area contributed by atoms with Gasteiger partial charge in [0.2, 0.25) is 0 Å². The van der Waals surface area contributed by atoms with Gasteiger partial charge in [0.15, 0.2) is 0 Å². The first-order valence-electron chi connectivity index (χ1n) is 7.22. The van der Waals surface area contributed by atoms with Gasteiger partial charge in [0, 0.05) is 25.8 Å². The Bertz CT molecular complexity index is 181. The molecule has 1 atom stereocenters. The first-order chi connectivity index (χ1) is 8.22. The van der Waals surface area contributed by atoms with Crippen molar-refractivity contribution < 1.29 is 4.74 Å². The average Bonchev–Trinajstić information content (AvgIpc) is 2.35. The summed E-state index contributed by atoms with van der Waals surface area (Å²) < 4.78 is 5.40. The van der Waals surface area contributed by atoms with E-state index < -0.39 is 0 Å². The Labute approximate surface area is 107 Å². The molecule has 1 unspecified atom stereocenters. The Hall–Kier alpha value is -0.120. The van der Waals surface area contributed by atoms with E-state index in [0.717, 1.165) is 25.7 Å². The molecule has 0 saturated carbocycles. The van der Waals surface area contributed by atoms with Crippen LogP contribution in [-0.2, 0) is 4.74 Å². The summed E-state index contributed by atoms with van der Waals surface area (Å²) in [6, 6.07) is 0.645. The highest BCUT2D eigenvalue weighted by atomic mass is 16.5. The fourth-order valence-electron chi connectivity index (χ4n) is 2.37. The van der Waals surface area contributed by atoms with E-state index >= 15 is 0 Å². The zero-order valence-corrected chi connectivity index (χ0v) is 11.9. The van der Waals surface area contributed by atoms with E-state index in [9.17, 15) is 0 Å². The van der Waals surface area contributed by atoms with Gasteiger partial charge in [-0.3, -0.25) is 0 Å². The molecule has 1 rings (SSSR count). The summed E-state index contributed by atoms with van der Waals surface area (Å²) in [6.07, 6.45) is 4.96. The van der Waals surface area contributed by atoms with Gasteiger partial charge >= 0.3 is 0 Å². The highest BCUT2D eigenvalue weighted by Crippen LogP contribution is 2.15. The van der Waals surface area contributed by atoms with Crippen LogP contribution < -0.4 is 5.32 Å². The van der Waals surface area contributed by atoms with Gasteiger partial charge in [0.05, 0.1) is 0 Å². The minimum atomic E-state index is 0.645. The topological polar surface area (TPSA) is 24.5 Å². The molecule has 1 heterocycles. The molecular formula is C14H30N2O. The number of nitrogens with zero attached hydrogens (tertiary/aromatic N) is 1. The van der Waals surface area contributed by atoms with Gasteiger partial charge < -0.3 is 15.0 Å². The minimum Gasteiger partial charge on any atom is -0.381 e. The van der Waals surface area contributed by atoms with Gasteiger partial charge in [0.1, 0.15) is 0 Å². The summed E-state index contributed by atoms with van der Waals surface area (Å²) in [5.74, 6) is 0.854. The second-order valence-electron chi connectivity index (χ2n) is 5.46. The van der Waals surface area contributed by atoms with Crippen molar-refractivity contribution in [2.75, 3.05) is 39.9 Å². The summed E-state index contributed by atoms with van der Waals surface area (Å²) in [4.78, 5) is 2.49. The monoisotopic (exact) mass is 242 g/mol. The largest absolute Gasteiger partial charge is 0.381 e. The van der Waals surface area contributed by atoms with Gasteiger partial charge in [-0.15, -0.1) is 0 Å². The fraction of sp³-hybridized carbons (Fsp3) is 1.00. The third kappa shape index (κ3) is 7.02. The number of nitrogens with one attached hydrogen (secondary N) is 1. The summed E-state index contributed by atoms with van der Waals surface area (Å²) in [6.45, 7) is 10.0. The predicted octanol–water partition coefficient (Wildman–Crippen LogP) is 2.12. The normalized spacial score (nSPS) is 19.8. The van der Waals surface area contributed by atoms with Crippen molar-refractivity contribution >= 4 is 0 Å². The van der Waals surface area contributed by atoms with Crippen molar-refractivity contribution in [3.63, 3.8) is 0 Å². The lowest BCUT2D eigenvalue weighted by Gasteiger charge is -2.27. The van der Waals surface area contributed by atoms with Crippen LogP contribution in [0.3, 0.4) is 0 Å². The Morgan fingerprint density at radius 2 is 2.06 bits per heavy atom. The molecule has 0 aromatic heterocycles. The van der Waals surface area contributed by atoms with Gasteiger partial charge in [-0.25, -0.2) is 0 Å². The smallest absolute Gasteiger partial charge is 0.0469 e. The third-order valence-corrected chi connectivity index (χ3v) is 3.60. The number of hydrogen-bond donors (Lipinski definition) is 1. The maximum Gasteiger partial charge on any atom is 0.0469 e. The van der Waals surface area contributed by atoms with Crippen molar-refractivity contribution in [2.45, 2.75) is 45.6 Å². The molecule has 3 nitrogen and oxygen atoms in total. The van der Waals surface area contributed by atoms with Crippen LogP contribution in [0.15, 0.2) is 0 Å². The molecule has 1 N–H and O–H groups in total. The summed E-state index contributed by atoms with van der Waals surface area (Å²) in [5, 5.41) is 3.54. The van der Waals surface area contributed by atoms with Crippen molar-refractivity contribution in [2.24, 2.45) is 5.92 Å². The number of ether oxygens (including phenoxy) is 1. The predicted molar refractivity (Wildman–Crippen MR) is 73.4 cm³/mol. The first-order valence-corrected chi connectivity index (χ1v) is 7.22. The van der Waals surface area contributed by atoms with Crippen molar-refractivity contribution in [1.82, 2.24) is 10.2 Å². The van der Waals surface area contributed by atoms with Crippen LogP contribution in [0.1, 0.15) is 39.5 Å². The van der Waals surface area contributed by atoms with E-state index in [2.05, 4.69) is 31.1 Å². The molecule has 0 spiro atoms. The number of hydrogen-bond acceptors (Lipinski definition) is 3. The summed E-state index contributed by atoms with van der Waals surface area (Å²) in [5.41, 5.74) is 0. The van der Waals surface area contributed by atoms with Crippen LogP contribution in [0.5, 0.6) is 0 Å². The van der Waals surface area contributed by atoms with Crippen molar-refractivity contribution in [1.29, 1.82) is 0 Å². The van der Waals surface area contributed by atoms with E-state index in [1.54, 1.807) is 0 Å². The van der Waals surface area contributed by atoms with Crippen molar-refractivity contribution in [3.8, 4) is 0 Å². The van der Waals surface area contributed by atoms with E-state index in [-0.39, 0.29) is 0 Å². The van der Waals surface area contributed by atoms with Crippen LogP contribution in [0.25, 0.3) is 0 Å². The summed E-state index contributed by atoms with van der Waals surface area (Å²) >= 11 is 0. The maximum atomic E-state index is 5.40. The summed E-state index contributed by atoms with van der Waals surface area (Å²) in [7, 11) is 2.25. The Morgan fingerprint density at radius 1 is 1.35 bits per heavy atom. The molecule has 0 aromatic carbocycles. The minimum absolute atomic E-state index is 0.645. The molecule has 0 aliphatic carbocycles. The SMILES string of the molecule is CCCNC(C)CCN(C)CC1CCOCC1. The second kappa shape index (κ2) is 8.90. The van der Waals surface area contributed by atoms with Gasteiger partial charge in [0.25, 0.3) is 0 Å². The van der Waals surface area contributed by atoms with Gasteiger partial charge in [-0.1, -0.05) is 6.92 Å². The third-order valence-electron chi connectivity index (χ3n) is 3.60. The zero-order valence-electron chi connectivity index (χ0n) is 11.9. The van der Waals surface area contributed by atoms with E-state index in [1.165, 1.54) is 38.8 Å². The molecule has 1 fully saturated rings. The molecule has 1 aliphatic heterocycles. The van der Waals surface area contributed by atoms with Gasteiger partial charge in [-0.2, -0.15) is 0 Å². The molecule has 3 heteroatoms. The lowest BCUT2D eigenvalue weighted by Crippen LogP contribution is -2.34. The maximum absolute atomic E-state index is 5.40.